The van der Waals surface area contributed by atoms with Crippen molar-refractivity contribution in [2.45, 2.75) is 63.4 Å². The molecule has 2 heterocycles. The number of fused-ring (bicyclic) bond motifs is 3. The van der Waals surface area contributed by atoms with Gasteiger partial charge in [-0.05, 0) is 98.7 Å². The number of rotatable bonds is 2. The third-order valence-corrected chi connectivity index (χ3v) is 11.0. The van der Waals surface area contributed by atoms with Gasteiger partial charge in [0.2, 0.25) is 10.0 Å². The first-order chi connectivity index (χ1) is 20.2. The van der Waals surface area contributed by atoms with Crippen LogP contribution in [0.2, 0.25) is 5.02 Å². The minimum Gasteiger partial charge on any atom is -0.487 e. The van der Waals surface area contributed by atoms with Crippen LogP contribution in [0.15, 0.2) is 48.6 Å². The summed E-state index contributed by atoms with van der Waals surface area (Å²) in [5.74, 6) is 0.259. The maximum absolute atomic E-state index is 13.3. The molecule has 5 rings (SSSR count). The number of nitrogens with one attached hydrogen (secondary N) is 1. The summed E-state index contributed by atoms with van der Waals surface area (Å²) in [6, 6.07) is 11.0. The quantitative estimate of drug-likeness (QED) is 0.451. The van der Waals surface area contributed by atoms with E-state index in [0.29, 0.717) is 29.2 Å². The number of anilines is 1. The average molecular weight is 617 g/mol. The van der Waals surface area contributed by atoms with Gasteiger partial charge in [0.05, 0.1) is 17.0 Å². The van der Waals surface area contributed by atoms with Crippen LogP contribution in [0.3, 0.4) is 0 Å². The highest BCUT2D eigenvalue weighted by molar-refractivity contribution is 7.90. The summed E-state index contributed by atoms with van der Waals surface area (Å²) in [4.78, 5) is 15.6. The third kappa shape index (κ3) is 6.96. The number of benzene rings is 2. The van der Waals surface area contributed by atoms with E-state index in [9.17, 15) is 18.3 Å². The van der Waals surface area contributed by atoms with Crippen LogP contribution in [0.25, 0.3) is 0 Å². The Labute approximate surface area is 254 Å². The number of hydrogen-bond acceptors (Lipinski definition) is 7. The van der Waals surface area contributed by atoms with E-state index < -0.39 is 21.2 Å². The van der Waals surface area contributed by atoms with Gasteiger partial charge in [-0.2, -0.15) is 0 Å². The van der Waals surface area contributed by atoms with Gasteiger partial charge >= 0.3 is 0 Å². The molecular formula is C32H41ClN2O6S. The SMILES string of the molecule is CO[C@H]1/C=C/[C@@H](CO)C[C@@H](C)S(=O)(=O)NC(=O)c2ccc3c(c2)N(CCCCc2cc(Cl)ccc2CO3)C[C@@H]2CC[C@H]21. The van der Waals surface area contributed by atoms with Crippen LogP contribution in [0, 0.1) is 17.8 Å². The summed E-state index contributed by atoms with van der Waals surface area (Å²) in [7, 11) is -2.29. The lowest BCUT2D eigenvalue weighted by atomic mass is 9.70. The van der Waals surface area contributed by atoms with E-state index in [1.54, 1.807) is 32.2 Å². The summed E-state index contributed by atoms with van der Waals surface area (Å²) in [5.41, 5.74) is 3.29. The van der Waals surface area contributed by atoms with Gasteiger partial charge in [0.15, 0.2) is 0 Å². The number of carbonyl (C=O) groups is 1. The molecule has 2 aromatic carbocycles. The minimum atomic E-state index is -3.99. The van der Waals surface area contributed by atoms with Crippen molar-refractivity contribution in [1.82, 2.24) is 4.72 Å². The standard InChI is InChI=1S/C32H41ClN2O6S/c1-21-15-22(19-36)6-12-30(40-2)28-11-8-25(28)18-35-14-4-3-5-23-16-27(33)10-7-26(23)20-41-31-13-9-24(17-29(31)35)32(37)34-42(21,38)39/h6-7,9-10,12-13,16-17,21-22,25,28,30,36H,3-5,8,11,14-15,18-20H2,1-2H3,(H,34,37)/b12-6+/t21-,22-,25+,28-,30+/m1/s1. The fourth-order valence-corrected chi connectivity index (χ4v) is 7.61. The zero-order valence-electron chi connectivity index (χ0n) is 24.3. The number of halogens is 1. The second kappa shape index (κ2) is 13.4. The summed E-state index contributed by atoms with van der Waals surface area (Å²) >= 11 is 6.31. The molecule has 2 N–H and O–H groups in total. The number of sulfonamides is 1. The molecule has 2 bridgehead atoms. The molecular weight excluding hydrogens is 576 g/mol. The lowest BCUT2D eigenvalue weighted by molar-refractivity contribution is 0.0132. The van der Waals surface area contributed by atoms with Crippen LogP contribution in [0.5, 0.6) is 5.75 Å². The molecule has 1 aliphatic carbocycles. The Morgan fingerprint density at radius 2 is 1.95 bits per heavy atom. The van der Waals surface area contributed by atoms with Gasteiger partial charge in [-0.3, -0.25) is 4.79 Å². The first-order valence-electron chi connectivity index (χ1n) is 14.9. The van der Waals surface area contributed by atoms with E-state index in [1.807, 2.05) is 30.4 Å². The highest BCUT2D eigenvalue weighted by Gasteiger charge is 2.38. The topological polar surface area (TPSA) is 105 Å². The largest absolute Gasteiger partial charge is 0.487 e. The molecule has 3 aliphatic rings. The van der Waals surface area contributed by atoms with Crippen LogP contribution in [-0.4, -0.2) is 57.6 Å². The van der Waals surface area contributed by atoms with Crippen molar-refractivity contribution in [2.75, 3.05) is 31.7 Å². The molecule has 8 nitrogen and oxygen atoms in total. The van der Waals surface area contributed by atoms with Gasteiger partial charge in [-0.1, -0.05) is 29.8 Å². The van der Waals surface area contributed by atoms with E-state index >= 15 is 0 Å². The Kier molecular flexibility index (Phi) is 9.82. The van der Waals surface area contributed by atoms with Crippen molar-refractivity contribution >= 4 is 33.2 Å². The summed E-state index contributed by atoms with van der Waals surface area (Å²) in [6.07, 6.45) is 8.77. The Morgan fingerprint density at radius 3 is 2.69 bits per heavy atom. The van der Waals surface area contributed by atoms with Crippen molar-refractivity contribution < 1.29 is 27.8 Å². The van der Waals surface area contributed by atoms with E-state index in [-0.39, 0.29) is 30.6 Å². The monoisotopic (exact) mass is 616 g/mol. The second-order valence-electron chi connectivity index (χ2n) is 11.8. The smallest absolute Gasteiger partial charge is 0.264 e. The minimum absolute atomic E-state index is 0.137. The number of hydrogen-bond donors (Lipinski definition) is 2. The molecule has 1 amide bonds. The molecule has 2 aliphatic heterocycles. The number of nitrogens with zero attached hydrogens (tertiary/aromatic N) is 1. The molecule has 0 spiro atoms. The number of aliphatic hydroxyl groups excluding tert-OH is 1. The molecule has 5 atom stereocenters. The predicted octanol–water partition coefficient (Wildman–Crippen LogP) is 5.12. The molecule has 228 valence electrons. The van der Waals surface area contributed by atoms with Gasteiger partial charge in [0, 0.05) is 43.3 Å². The number of aliphatic hydroxyl groups is 1. The first-order valence-corrected chi connectivity index (χ1v) is 16.8. The second-order valence-corrected chi connectivity index (χ2v) is 14.4. The number of methoxy groups -OCH3 is 1. The zero-order valence-corrected chi connectivity index (χ0v) is 25.9. The third-order valence-electron chi connectivity index (χ3n) is 9.07. The van der Waals surface area contributed by atoms with Crippen LogP contribution in [0.1, 0.15) is 60.5 Å². The number of carbonyl (C=O) groups excluding carboxylic acids is 1. The maximum Gasteiger partial charge on any atom is 0.264 e. The molecule has 42 heavy (non-hydrogen) atoms. The molecule has 0 aromatic heterocycles. The lowest BCUT2D eigenvalue weighted by Gasteiger charge is -2.43. The molecule has 10 heteroatoms. The Balaban J connectivity index is 1.54. The van der Waals surface area contributed by atoms with Crippen LogP contribution >= 0.6 is 11.6 Å². The van der Waals surface area contributed by atoms with Gasteiger partial charge < -0.3 is 19.5 Å². The van der Waals surface area contributed by atoms with Gasteiger partial charge in [0.1, 0.15) is 12.4 Å². The van der Waals surface area contributed by atoms with E-state index in [0.717, 1.165) is 56.4 Å². The Hall–Kier alpha value is -2.59. The van der Waals surface area contributed by atoms with E-state index in [1.165, 1.54) is 5.56 Å². The van der Waals surface area contributed by atoms with Crippen molar-refractivity contribution in [2.24, 2.45) is 17.8 Å². The van der Waals surface area contributed by atoms with Crippen molar-refractivity contribution in [3.63, 3.8) is 0 Å². The van der Waals surface area contributed by atoms with Gasteiger partial charge in [-0.25, -0.2) is 13.1 Å². The molecule has 0 radical (unpaired) electrons. The van der Waals surface area contributed by atoms with Gasteiger partial charge in [0.25, 0.3) is 5.91 Å². The summed E-state index contributed by atoms with van der Waals surface area (Å²) in [6.45, 7) is 3.25. The molecule has 1 saturated carbocycles. The molecule has 1 fully saturated rings. The Morgan fingerprint density at radius 1 is 1.12 bits per heavy atom. The lowest BCUT2D eigenvalue weighted by Crippen LogP contribution is -2.44. The summed E-state index contributed by atoms with van der Waals surface area (Å²) in [5, 5.41) is 9.80. The fourth-order valence-electron chi connectivity index (χ4n) is 6.34. The number of aryl methyl sites for hydroxylation is 1. The van der Waals surface area contributed by atoms with E-state index in [4.69, 9.17) is 21.1 Å². The molecule has 0 saturated heterocycles. The number of amides is 1. The summed E-state index contributed by atoms with van der Waals surface area (Å²) < 4.78 is 40.8. The number of ether oxygens (including phenoxy) is 2. The highest BCUT2D eigenvalue weighted by Crippen LogP contribution is 2.41. The van der Waals surface area contributed by atoms with Crippen molar-refractivity contribution in [1.29, 1.82) is 0 Å². The van der Waals surface area contributed by atoms with Crippen molar-refractivity contribution in [3.8, 4) is 5.75 Å². The molecule has 2 aromatic rings. The maximum atomic E-state index is 13.3. The molecule has 0 unspecified atom stereocenters. The van der Waals surface area contributed by atoms with Crippen LogP contribution < -0.4 is 14.4 Å². The van der Waals surface area contributed by atoms with E-state index in [2.05, 4.69) is 9.62 Å². The highest BCUT2D eigenvalue weighted by atomic mass is 35.5. The average Bonchev–Trinajstić information content (AvgIpc) is 2.98. The first kappa shape index (κ1) is 30.9. The van der Waals surface area contributed by atoms with Crippen LogP contribution in [-0.2, 0) is 27.8 Å². The Bertz CT molecular complexity index is 1410. The zero-order chi connectivity index (χ0) is 29.9. The van der Waals surface area contributed by atoms with Crippen LogP contribution in [0.4, 0.5) is 5.69 Å². The van der Waals surface area contributed by atoms with Gasteiger partial charge in [-0.15, -0.1) is 0 Å². The fraction of sp³-hybridized carbons (Fsp3) is 0.531. The van der Waals surface area contributed by atoms with Crippen molar-refractivity contribution in [3.05, 3.63) is 70.3 Å². The normalized spacial score (nSPS) is 29.0. The predicted molar refractivity (Wildman–Crippen MR) is 165 cm³/mol.